The van der Waals surface area contributed by atoms with Crippen LogP contribution in [0.4, 0.5) is 0 Å². The van der Waals surface area contributed by atoms with Crippen molar-refractivity contribution in [1.29, 1.82) is 0 Å². The van der Waals surface area contributed by atoms with Crippen LogP contribution < -0.4 is 0 Å². The van der Waals surface area contributed by atoms with Gasteiger partial charge in [-0.25, -0.2) is 0 Å². The lowest BCUT2D eigenvalue weighted by Gasteiger charge is -2.43. The summed E-state index contributed by atoms with van der Waals surface area (Å²) in [6.45, 7) is 3.23. The molecule has 0 radical (unpaired) electrons. The van der Waals surface area contributed by atoms with Crippen molar-refractivity contribution in [3.63, 3.8) is 0 Å². The predicted octanol–water partition coefficient (Wildman–Crippen LogP) is 2.91. The number of likely N-dealkylation sites (tertiary alicyclic amines) is 1. The summed E-state index contributed by atoms with van der Waals surface area (Å²) in [6.07, 6.45) is 3.92. The van der Waals surface area contributed by atoms with Crippen molar-refractivity contribution in [1.82, 2.24) is 4.90 Å². The van der Waals surface area contributed by atoms with Gasteiger partial charge in [-0.2, -0.15) is 0 Å². The fourth-order valence-corrected chi connectivity index (χ4v) is 3.55. The molecular formula is C19H29NO3. The van der Waals surface area contributed by atoms with Crippen LogP contribution in [0.2, 0.25) is 0 Å². The van der Waals surface area contributed by atoms with Gasteiger partial charge in [-0.15, -0.1) is 0 Å². The third-order valence-electron chi connectivity index (χ3n) is 4.64. The number of hydrogen-bond donors (Lipinski definition) is 0. The van der Waals surface area contributed by atoms with Gasteiger partial charge in [0.15, 0.2) is 0 Å². The van der Waals surface area contributed by atoms with E-state index in [9.17, 15) is 4.79 Å². The Balaban J connectivity index is 2.10. The van der Waals surface area contributed by atoms with E-state index in [1.54, 1.807) is 14.2 Å². The molecule has 0 spiro atoms. The van der Waals surface area contributed by atoms with Crippen LogP contribution in [-0.2, 0) is 20.7 Å². The number of piperidine rings is 1. The largest absolute Gasteiger partial charge is 0.383 e. The molecule has 0 unspecified atom stereocenters. The molecule has 128 valence electrons. The van der Waals surface area contributed by atoms with Gasteiger partial charge in [-0.05, 0) is 31.2 Å². The number of benzene rings is 1. The van der Waals surface area contributed by atoms with Gasteiger partial charge >= 0.3 is 0 Å². The Bertz CT molecular complexity index is 459. The van der Waals surface area contributed by atoms with Gasteiger partial charge < -0.3 is 14.4 Å². The standard InChI is InChI=1S/C19H29NO3/c1-15(12-16-8-5-4-6-9-16)19(21)20-17(13-22-2)10-7-11-18(20)14-23-3/h4-6,8-9,15,17-18H,7,10-14H2,1-3H3/t15-,17+,18+/m0/s1. The Morgan fingerprint density at radius 3 is 2.22 bits per heavy atom. The van der Waals surface area contributed by atoms with Crippen molar-refractivity contribution in [3.05, 3.63) is 35.9 Å². The molecule has 1 saturated heterocycles. The van der Waals surface area contributed by atoms with Crippen LogP contribution in [0.15, 0.2) is 30.3 Å². The number of ether oxygens (including phenoxy) is 2. The zero-order valence-electron chi connectivity index (χ0n) is 14.5. The van der Waals surface area contributed by atoms with E-state index in [0.717, 1.165) is 25.7 Å². The summed E-state index contributed by atoms with van der Waals surface area (Å²) in [5, 5.41) is 0. The third-order valence-corrected chi connectivity index (χ3v) is 4.64. The highest BCUT2D eigenvalue weighted by Gasteiger charge is 2.36. The molecule has 3 atom stereocenters. The molecule has 4 nitrogen and oxygen atoms in total. The second-order valence-electron chi connectivity index (χ2n) is 6.49. The number of amides is 1. The van der Waals surface area contributed by atoms with Crippen molar-refractivity contribution >= 4 is 5.91 Å². The van der Waals surface area contributed by atoms with E-state index >= 15 is 0 Å². The van der Waals surface area contributed by atoms with Gasteiger partial charge in [0, 0.05) is 20.1 Å². The summed E-state index contributed by atoms with van der Waals surface area (Å²) in [5.41, 5.74) is 1.21. The van der Waals surface area contributed by atoms with Gasteiger partial charge in [0.05, 0.1) is 25.3 Å². The molecule has 1 aromatic rings. The number of hydrogen-bond acceptors (Lipinski definition) is 3. The molecule has 4 heteroatoms. The van der Waals surface area contributed by atoms with E-state index < -0.39 is 0 Å². The molecule has 0 bridgehead atoms. The SMILES string of the molecule is COC[C@H]1CCC[C@H](COC)N1C(=O)[C@@H](C)Cc1ccccc1. The van der Waals surface area contributed by atoms with E-state index in [4.69, 9.17) is 9.47 Å². The first-order valence-corrected chi connectivity index (χ1v) is 8.51. The molecule has 1 heterocycles. The fourth-order valence-electron chi connectivity index (χ4n) is 3.55. The predicted molar refractivity (Wildman–Crippen MR) is 91.3 cm³/mol. The van der Waals surface area contributed by atoms with Crippen LogP contribution in [0.25, 0.3) is 0 Å². The maximum atomic E-state index is 13.1. The highest BCUT2D eigenvalue weighted by Crippen LogP contribution is 2.26. The topological polar surface area (TPSA) is 38.8 Å². The summed E-state index contributed by atoms with van der Waals surface area (Å²) in [6, 6.07) is 10.5. The van der Waals surface area contributed by atoms with Crippen LogP contribution in [0.3, 0.4) is 0 Å². The Morgan fingerprint density at radius 1 is 1.13 bits per heavy atom. The van der Waals surface area contributed by atoms with Gasteiger partial charge in [0.2, 0.25) is 5.91 Å². The first kappa shape index (κ1) is 18.0. The molecule has 0 saturated carbocycles. The number of methoxy groups -OCH3 is 2. The van der Waals surface area contributed by atoms with Crippen LogP contribution in [0, 0.1) is 5.92 Å². The van der Waals surface area contributed by atoms with Gasteiger partial charge in [-0.3, -0.25) is 4.79 Å². The first-order chi connectivity index (χ1) is 11.2. The average molecular weight is 319 g/mol. The van der Waals surface area contributed by atoms with E-state index in [0.29, 0.717) is 13.2 Å². The Hall–Kier alpha value is -1.39. The third kappa shape index (κ3) is 4.79. The first-order valence-electron chi connectivity index (χ1n) is 8.51. The van der Waals surface area contributed by atoms with Gasteiger partial charge in [0.25, 0.3) is 0 Å². The van der Waals surface area contributed by atoms with Crippen LogP contribution in [0.1, 0.15) is 31.7 Å². The smallest absolute Gasteiger partial charge is 0.226 e. The Kier molecular flexibility index (Phi) is 7.06. The minimum absolute atomic E-state index is 0.0331. The minimum Gasteiger partial charge on any atom is -0.383 e. The molecule has 1 aliphatic rings. The zero-order chi connectivity index (χ0) is 16.7. The second kappa shape index (κ2) is 9.04. The Labute approximate surface area is 139 Å². The zero-order valence-corrected chi connectivity index (χ0v) is 14.5. The van der Waals surface area contributed by atoms with Crippen molar-refractivity contribution in [2.45, 2.75) is 44.7 Å². The monoisotopic (exact) mass is 319 g/mol. The lowest BCUT2D eigenvalue weighted by molar-refractivity contribution is -0.145. The van der Waals surface area contributed by atoms with Crippen LogP contribution in [-0.4, -0.2) is 50.3 Å². The molecule has 0 aromatic heterocycles. The second-order valence-corrected chi connectivity index (χ2v) is 6.49. The number of carbonyl (C=O) groups excluding carboxylic acids is 1. The van der Waals surface area contributed by atoms with Gasteiger partial charge in [-0.1, -0.05) is 37.3 Å². The quantitative estimate of drug-likeness (QED) is 0.776. The number of carbonyl (C=O) groups is 1. The van der Waals surface area contributed by atoms with Crippen molar-refractivity contribution in [3.8, 4) is 0 Å². The molecule has 1 amide bonds. The lowest BCUT2D eigenvalue weighted by atomic mass is 9.92. The van der Waals surface area contributed by atoms with Crippen molar-refractivity contribution in [2.24, 2.45) is 5.92 Å². The van der Waals surface area contributed by atoms with E-state index in [1.165, 1.54) is 5.56 Å². The van der Waals surface area contributed by atoms with Crippen LogP contribution >= 0.6 is 0 Å². The Morgan fingerprint density at radius 2 is 1.70 bits per heavy atom. The molecule has 1 aromatic carbocycles. The highest BCUT2D eigenvalue weighted by molar-refractivity contribution is 5.79. The summed E-state index contributed by atoms with van der Waals surface area (Å²) in [7, 11) is 3.41. The van der Waals surface area contributed by atoms with E-state index in [2.05, 4.69) is 12.1 Å². The molecule has 1 fully saturated rings. The minimum atomic E-state index is -0.0331. The van der Waals surface area contributed by atoms with Crippen molar-refractivity contribution in [2.75, 3.05) is 27.4 Å². The summed E-state index contributed by atoms with van der Waals surface area (Å²) in [4.78, 5) is 15.1. The maximum absolute atomic E-state index is 13.1. The summed E-state index contributed by atoms with van der Waals surface area (Å²) >= 11 is 0. The summed E-state index contributed by atoms with van der Waals surface area (Å²) in [5.74, 6) is 0.187. The lowest BCUT2D eigenvalue weighted by Crippen LogP contribution is -2.55. The van der Waals surface area contributed by atoms with E-state index in [1.807, 2.05) is 30.0 Å². The highest BCUT2D eigenvalue weighted by atomic mass is 16.5. The van der Waals surface area contributed by atoms with Crippen molar-refractivity contribution < 1.29 is 14.3 Å². The molecule has 23 heavy (non-hydrogen) atoms. The molecular weight excluding hydrogens is 290 g/mol. The molecule has 0 N–H and O–H groups in total. The average Bonchev–Trinajstić information content (AvgIpc) is 2.56. The number of nitrogens with zero attached hydrogens (tertiary/aromatic N) is 1. The molecule has 1 aliphatic heterocycles. The fraction of sp³-hybridized carbons (Fsp3) is 0.632. The van der Waals surface area contributed by atoms with Gasteiger partial charge in [0.1, 0.15) is 0 Å². The summed E-state index contributed by atoms with van der Waals surface area (Å²) < 4.78 is 10.7. The maximum Gasteiger partial charge on any atom is 0.226 e. The molecule has 0 aliphatic carbocycles. The van der Waals surface area contributed by atoms with E-state index in [-0.39, 0.29) is 23.9 Å². The normalized spacial score (nSPS) is 22.8. The van der Waals surface area contributed by atoms with Crippen LogP contribution in [0.5, 0.6) is 0 Å². The number of rotatable bonds is 7. The molecule has 2 rings (SSSR count).